The Kier molecular flexibility index (Phi) is 6.76. The van der Waals surface area contributed by atoms with Crippen molar-refractivity contribution in [1.29, 1.82) is 0 Å². The van der Waals surface area contributed by atoms with Crippen molar-refractivity contribution in [2.24, 2.45) is 0 Å². The summed E-state index contributed by atoms with van der Waals surface area (Å²) in [6, 6.07) is 11.6. The van der Waals surface area contributed by atoms with E-state index in [-0.39, 0.29) is 24.4 Å². The topological polar surface area (TPSA) is 90.7 Å². The molecule has 0 saturated heterocycles. The number of carbonyl (C=O) groups excluding carboxylic acids is 2. The zero-order valence-corrected chi connectivity index (χ0v) is 16.2. The molecule has 28 heavy (non-hydrogen) atoms. The zero-order chi connectivity index (χ0) is 19.9. The number of esters is 1. The maximum atomic E-state index is 12.4. The number of amides is 1. The Morgan fingerprint density at radius 3 is 2.61 bits per heavy atom. The van der Waals surface area contributed by atoms with Gasteiger partial charge in [-0.3, -0.25) is 4.79 Å². The molecule has 0 unspecified atom stereocenters. The summed E-state index contributed by atoms with van der Waals surface area (Å²) in [5.74, 6) is -0.535. The number of nitrogen functional groups attached to an aromatic ring is 1. The van der Waals surface area contributed by atoms with Crippen LogP contribution in [0.15, 0.2) is 42.5 Å². The number of carbonyl (C=O) groups is 2. The van der Waals surface area contributed by atoms with Crippen molar-refractivity contribution in [3.05, 3.63) is 53.1 Å². The molecule has 7 heteroatoms. The van der Waals surface area contributed by atoms with E-state index >= 15 is 0 Å². The standard InChI is InChI=1S/C21H23ClN2O4/c22-16-8-4-5-9-18(16)24-20(25)13-27-19-12-14(10-11-17(19)23)21(26)28-15-6-2-1-3-7-15/h4-5,8-12,15H,1-3,6-7,13,23H2,(H,24,25). The number of hydrogen-bond donors (Lipinski definition) is 2. The Balaban J connectivity index is 1.59. The largest absolute Gasteiger partial charge is 0.482 e. The summed E-state index contributed by atoms with van der Waals surface area (Å²) < 4.78 is 11.1. The fourth-order valence-electron chi connectivity index (χ4n) is 3.08. The van der Waals surface area contributed by atoms with Gasteiger partial charge in [0.25, 0.3) is 5.91 Å². The van der Waals surface area contributed by atoms with E-state index in [0.717, 1.165) is 25.7 Å². The molecular weight excluding hydrogens is 380 g/mol. The highest BCUT2D eigenvalue weighted by molar-refractivity contribution is 6.33. The van der Waals surface area contributed by atoms with Gasteiger partial charge in [-0.2, -0.15) is 0 Å². The van der Waals surface area contributed by atoms with Crippen LogP contribution in [0.3, 0.4) is 0 Å². The highest BCUT2D eigenvalue weighted by atomic mass is 35.5. The van der Waals surface area contributed by atoms with E-state index in [9.17, 15) is 9.59 Å². The van der Waals surface area contributed by atoms with Gasteiger partial charge in [0.2, 0.25) is 0 Å². The molecule has 3 N–H and O–H groups in total. The van der Waals surface area contributed by atoms with Crippen LogP contribution in [0.5, 0.6) is 5.75 Å². The Hall–Kier alpha value is -2.73. The molecule has 0 heterocycles. The number of halogens is 1. The summed E-state index contributed by atoms with van der Waals surface area (Å²) in [7, 11) is 0. The van der Waals surface area contributed by atoms with E-state index in [0.29, 0.717) is 22.0 Å². The number of anilines is 2. The molecule has 1 aliphatic carbocycles. The van der Waals surface area contributed by atoms with E-state index in [1.54, 1.807) is 36.4 Å². The number of para-hydroxylation sites is 1. The lowest BCUT2D eigenvalue weighted by molar-refractivity contribution is -0.118. The van der Waals surface area contributed by atoms with Crippen LogP contribution in [0.2, 0.25) is 5.02 Å². The average Bonchev–Trinajstić information content (AvgIpc) is 2.70. The van der Waals surface area contributed by atoms with Crippen molar-refractivity contribution in [3.63, 3.8) is 0 Å². The van der Waals surface area contributed by atoms with Gasteiger partial charge in [-0.15, -0.1) is 0 Å². The molecule has 1 fully saturated rings. The third-order valence-corrected chi connectivity index (χ3v) is 4.91. The van der Waals surface area contributed by atoms with Gasteiger partial charge in [0.15, 0.2) is 6.61 Å². The van der Waals surface area contributed by atoms with E-state index in [2.05, 4.69) is 5.32 Å². The third-order valence-electron chi connectivity index (χ3n) is 4.58. The van der Waals surface area contributed by atoms with Crippen molar-refractivity contribution < 1.29 is 19.1 Å². The van der Waals surface area contributed by atoms with Crippen LogP contribution in [0.25, 0.3) is 0 Å². The van der Waals surface area contributed by atoms with E-state index in [1.165, 1.54) is 12.5 Å². The van der Waals surface area contributed by atoms with Crippen molar-refractivity contribution >= 4 is 34.9 Å². The first kappa shape index (κ1) is 20.0. The lowest BCUT2D eigenvalue weighted by Crippen LogP contribution is -2.22. The van der Waals surface area contributed by atoms with Crippen LogP contribution in [0, 0.1) is 0 Å². The van der Waals surface area contributed by atoms with Crippen LogP contribution in [-0.2, 0) is 9.53 Å². The van der Waals surface area contributed by atoms with Crippen LogP contribution in [-0.4, -0.2) is 24.6 Å². The fraction of sp³-hybridized carbons (Fsp3) is 0.333. The van der Waals surface area contributed by atoms with Crippen molar-refractivity contribution in [2.75, 3.05) is 17.7 Å². The van der Waals surface area contributed by atoms with Crippen molar-refractivity contribution in [3.8, 4) is 5.75 Å². The molecule has 0 atom stereocenters. The van der Waals surface area contributed by atoms with E-state index in [4.69, 9.17) is 26.8 Å². The van der Waals surface area contributed by atoms with Crippen LogP contribution >= 0.6 is 11.6 Å². The summed E-state index contributed by atoms with van der Waals surface area (Å²) in [5.41, 5.74) is 7.08. The van der Waals surface area contributed by atoms with Crippen molar-refractivity contribution in [1.82, 2.24) is 0 Å². The molecule has 0 spiro atoms. The highest BCUT2D eigenvalue weighted by Crippen LogP contribution is 2.26. The van der Waals surface area contributed by atoms with Gasteiger partial charge in [0.1, 0.15) is 11.9 Å². The summed E-state index contributed by atoms with van der Waals surface area (Å²) in [6.07, 6.45) is 5.09. The first-order valence-electron chi connectivity index (χ1n) is 9.30. The fourth-order valence-corrected chi connectivity index (χ4v) is 3.26. The third kappa shape index (κ3) is 5.39. The Morgan fingerprint density at radius 2 is 1.86 bits per heavy atom. The quantitative estimate of drug-likeness (QED) is 0.551. The molecule has 0 radical (unpaired) electrons. The molecular formula is C21H23ClN2O4. The van der Waals surface area contributed by atoms with Gasteiger partial charge >= 0.3 is 5.97 Å². The number of hydrogen-bond acceptors (Lipinski definition) is 5. The predicted octanol–water partition coefficient (Wildman–Crippen LogP) is 4.43. The second kappa shape index (κ2) is 9.46. The average molecular weight is 403 g/mol. The second-order valence-electron chi connectivity index (χ2n) is 6.73. The minimum Gasteiger partial charge on any atom is -0.482 e. The van der Waals surface area contributed by atoms with Gasteiger partial charge in [-0.25, -0.2) is 4.79 Å². The second-order valence-corrected chi connectivity index (χ2v) is 7.14. The van der Waals surface area contributed by atoms with Crippen LogP contribution in [0.1, 0.15) is 42.5 Å². The first-order valence-corrected chi connectivity index (χ1v) is 9.68. The lowest BCUT2D eigenvalue weighted by atomic mass is 9.98. The first-order chi connectivity index (χ1) is 13.5. The lowest BCUT2D eigenvalue weighted by Gasteiger charge is -2.22. The summed E-state index contributed by atoms with van der Waals surface area (Å²) >= 11 is 6.02. The number of ether oxygens (including phenoxy) is 2. The summed E-state index contributed by atoms with van der Waals surface area (Å²) in [4.78, 5) is 24.5. The van der Waals surface area contributed by atoms with Crippen LogP contribution < -0.4 is 15.8 Å². The SMILES string of the molecule is Nc1ccc(C(=O)OC2CCCCC2)cc1OCC(=O)Nc1ccccc1Cl. The molecule has 1 aliphatic rings. The predicted molar refractivity (Wildman–Crippen MR) is 109 cm³/mol. The zero-order valence-electron chi connectivity index (χ0n) is 15.4. The Labute approximate surface area is 169 Å². The van der Waals surface area contributed by atoms with E-state index in [1.807, 2.05) is 0 Å². The molecule has 2 aromatic carbocycles. The molecule has 0 bridgehead atoms. The van der Waals surface area contributed by atoms with Crippen LogP contribution in [0.4, 0.5) is 11.4 Å². The number of benzene rings is 2. The number of nitrogens with two attached hydrogens (primary N) is 1. The minimum absolute atomic E-state index is 0.0374. The van der Waals surface area contributed by atoms with Gasteiger partial charge < -0.3 is 20.5 Å². The highest BCUT2D eigenvalue weighted by Gasteiger charge is 2.19. The van der Waals surface area contributed by atoms with Gasteiger partial charge in [-0.1, -0.05) is 30.2 Å². The summed E-state index contributed by atoms with van der Waals surface area (Å²) in [5, 5.41) is 3.10. The number of rotatable bonds is 6. The maximum Gasteiger partial charge on any atom is 0.338 e. The maximum absolute atomic E-state index is 12.4. The normalized spacial score (nSPS) is 14.3. The molecule has 2 aromatic rings. The van der Waals surface area contributed by atoms with Gasteiger partial charge in [-0.05, 0) is 56.0 Å². The molecule has 3 rings (SSSR count). The van der Waals surface area contributed by atoms with Crippen molar-refractivity contribution in [2.45, 2.75) is 38.2 Å². The molecule has 0 aromatic heterocycles. The Morgan fingerprint density at radius 1 is 1.11 bits per heavy atom. The molecule has 1 saturated carbocycles. The monoisotopic (exact) mass is 402 g/mol. The molecule has 6 nitrogen and oxygen atoms in total. The summed E-state index contributed by atoms with van der Waals surface area (Å²) in [6.45, 7) is -0.267. The molecule has 1 amide bonds. The van der Waals surface area contributed by atoms with Gasteiger partial charge in [0, 0.05) is 0 Å². The minimum atomic E-state index is -0.405. The molecule has 148 valence electrons. The molecule has 0 aliphatic heterocycles. The smallest absolute Gasteiger partial charge is 0.338 e. The Bertz CT molecular complexity index is 850. The van der Waals surface area contributed by atoms with E-state index < -0.39 is 5.97 Å². The van der Waals surface area contributed by atoms with Gasteiger partial charge in [0.05, 0.1) is 22.0 Å². The number of nitrogens with one attached hydrogen (secondary N) is 1.